The van der Waals surface area contributed by atoms with E-state index in [1.54, 1.807) is 4.90 Å². The Balaban J connectivity index is 1.41. The number of aromatic nitrogens is 2. The minimum Gasteiger partial charge on any atom is -0.364 e. The number of rotatable bonds is 8. The molecule has 1 heterocycles. The maximum Gasteiger partial charge on any atom is 0.275 e. The number of aromatic amines is 1. The minimum absolute atomic E-state index is 0.0145. The highest BCUT2D eigenvalue weighted by Crippen LogP contribution is 2.35. The van der Waals surface area contributed by atoms with Gasteiger partial charge in [0, 0.05) is 18.5 Å². The summed E-state index contributed by atoms with van der Waals surface area (Å²) in [4.78, 5) is 46.2. The first-order valence-corrected chi connectivity index (χ1v) is 11.6. The first-order valence-electron chi connectivity index (χ1n) is 11.2. The van der Waals surface area contributed by atoms with Crippen molar-refractivity contribution in [2.75, 3.05) is 11.9 Å². The number of nitrogens with one attached hydrogen (secondary N) is 2. The number of nitrogens with two attached hydrogens (primary N) is 1. The van der Waals surface area contributed by atoms with E-state index in [4.69, 9.17) is 17.3 Å². The molecule has 4 N–H and O–H groups in total. The molecule has 176 valence electrons. The molecule has 4 rings (SSSR count). The lowest BCUT2D eigenvalue weighted by Crippen LogP contribution is -2.44. The lowest BCUT2D eigenvalue weighted by molar-refractivity contribution is -0.121. The van der Waals surface area contributed by atoms with Crippen LogP contribution in [0.1, 0.15) is 65.9 Å². The van der Waals surface area contributed by atoms with Gasteiger partial charge in [-0.05, 0) is 56.2 Å². The monoisotopic (exact) mass is 475 g/mol. The predicted molar refractivity (Wildman–Crippen MR) is 121 cm³/mol. The number of nitrogens with zero attached hydrogens (tertiary/aromatic N) is 2. The molecule has 2 aromatic rings. The second-order valence-electron chi connectivity index (χ2n) is 8.84. The second-order valence-corrected chi connectivity index (χ2v) is 9.25. The van der Waals surface area contributed by atoms with Crippen molar-refractivity contribution < 1.29 is 18.8 Å². The summed E-state index contributed by atoms with van der Waals surface area (Å²) in [6.07, 6.45) is 7.08. The van der Waals surface area contributed by atoms with E-state index in [9.17, 15) is 18.8 Å². The smallest absolute Gasteiger partial charge is 0.275 e. The van der Waals surface area contributed by atoms with Crippen molar-refractivity contribution in [1.29, 1.82) is 0 Å². The fourth-order valence-electron chi connectivity index (χ4n) is 4.43. The van der Waals surface area contributed by atoms with Crippen LogP contribution < -0.4 is 11.1 Å². The number of carbonyl (C=O) groups is 3. The van der Waals surface area contributed by atoms with Crippen molar-refractivity contribution >= 4 is 35.0 Å². The lowest BCUT2D eigenvalue weighted by atomic mass is 9.84. The zero-order chi connectivity index (χ0) is 23.5. The quantitative estimate of drug-likeness (QED) is 0.538. The topological polar surface area (TPSA) is 121 Å². The van der Waals surface area contributed by atoms with Gasteiger partial charge in [0.1, 0.15) is 11.5 Å². The summed E-state index contributed by atoms with van der Waals surface area (Å²) in [6, 6.07) is 3.80. The Morgan fingerprint density at radius 1 is 1.18 bits per heavy atom. The van der Waals surface area contributed by atoms with Crippen molar-refractivity contribution in [2.24, 2.45) is 17.6 Å². The van der Waals surface area contributed by atoms with Crippen LogP contribution in [0.4, 0.5) is 10.1 Å². The van der Waals surface area contributed by atoms with Crippen molar-refractivity contribution in [3.63, 3.8) is 0 Å². The molecular formula is C23H27ClFN5O3. The fraction of sp³-hybridized carbons (Fsp3) is 0.478. The van der Waals surface area contributed by atoms with Crippen molar-refractivity contribution in [2.45, 2.75) is 51.0 Å². The Kier molecular flexibility index (Phi) is 6.97. The van der Waals surface area contributed by atoms with Gasteiger partial charge in [0.2, 0.25) is 5.91 Å². The van der Waals surface area contributed by atoms with E-state index in [0.717, 1.165) is 12.5 Å². The highest BCUT2D eigenvalue weighted by atomic mass is 35.5. The van der Waals surface area contributed by atoms with E-state index in [1.165, 1.54) is 31.3 Å². The Morgan fingerprint density at radius 2 is 1.91 bits per heavy atom. The minimum atomic E-state index is -0.724. The standard InChI is InChI=1S/C23H27ClFN5O3/c24-17-11-15(25)5-8-18(17)29-22(32)14-3-6-16(7-4-14)30(10-9-13-1-2-13)23(33)20-19(21(26)31)27-12-28-20/h5,8,11-14,16H,1-4,6-7,9-10H2,(H2,26,31)(H,27,28)(H,29,32)/t14-,16-. The molecule has 8 nitrogen and oxygen atoms in total. The highest BCUT2D eigenvalue weighted by molar-refractivity contribution is 6.33. The third kappa shape index (κ3) is 5.52. The average molecular weight is 476 g/mol. The summed E-state index contributed by atoms with van der Waals surface area (Å²) >= 11 is 6.02. The van der Waals surface area contributed by atoms with E-state index in [1.807, 2.05) is 0 Å². The van der Waals surface area contributed by atoms with Crippen molar-refractivity contribution in [1.82, 2.24) is 14.9 Å². The lowest BCUT2D eigenvalue weighted by Gasteiger charge is -2.36. The first-order chi connectivity index (χ1) is 15.8. The SMILES string of the molecule is NC(=O)c1[nH]cnc1C(=O)N(CCC1CC1)[C@H]1CC[C@H](C(=O)Nc2ccc(F)cc2Cl)CC1. The highest BCUT2D eigenvalue weighted by Gasteiger charge is 2.35. The Hall–Kier alpha value is -2.94. The molecule has 2 aliphatic rings. The van der Waals surface area contributed by atoms with E-state index < -0.39 is 11.7 Å². The number of anilines is 1. The summed E-state index contributed by atoms with van der Waals surface area (Å²) in [5.74, 6) is -1.26. The van der Waals surface area contributed by atoms with E-state index in [0.29, 0.717) is 43.8 Å². The van der Waals surface area contributed by atoms with Gasteiger partial charge >= 0.3 is 0 Å². The van der Waals surface area contributed by atoms with Crippen LogP contribution in [0.5, 0.6) is 0 Å². The molecule has 0 radical (unpaired) electrons. The molecule has 33 heavy (non-hydrogen) atoms. The molecule has 0 saturated heterocycles. The molecule has 0 bridgehead atoms. The summed E-state index contributed by atoms with van der Waals surface area (Å²) in [7, 11) is 0. The molecule has 2 fully saturated rings. The van der Waals surface area contributed by atoms with Crippen LogP contribution in [0.25, 0.3) is 0 Å². The number of primary amides is 1. The third-order valence-electron chi connectivity index (χ3n) is 6.52. The molecule has 10 heteroatoms. The van der Waals surface area contributed by atoms with Gasteiger partial charge in [-0.15, -0.1) is 0 Å². The summed E-state index contributed by atoms with van der Waals surface area (Å²) in [6.45, 7) is 0.585. The number of amides is 3. The first kappa shape index (κ1) is 23.2. The number of carbonyl (C=O) groups excluding carboxylic acids is 3. The predicted octanol–water partition coefficient (Wildman–Crippen LogP) is 3.74. The van der Waals surface area contributed by atoms with E-state index in [-0.39, 0.29) is 40.2 Å². The number of H-pyrrole nitrogens is 1. The normalized spacial score (nSPS) is 20.3. The summed E-state index contributed by atoms with van der Waals surface area (Å²) in [5.41, 5.74) is 5.82. The van der Waals surface area contributed by atoms with Gasteiger partial charge in [-0.1, -0.05) is 24.4 Å². The number of hydrogen-bond donors (Lipinski definition) is 3. The van der Waals surface area contributed by atoms with Crippen LogP contribution in [0.15, 0.2) is 24.5 Å². The van der Waals surface area contributed by atoms with Crippen LogP contribution >= 0.6 is 11.6 Å². The number of halogens is 2. The van der Waals surface area contributed by atoms with Gasteiger partial charge < -0.3 is 20.9 Å². The molecule has 2 aliphatic carbocycles. The van der Waals surface area contributed by atoms with Crippen LogP contribution in [0.2, 0.25) is 5.02 Å². The maximum atomic E-state index is 13.3. The second kappa shape index (κ2) is 9.91. The average Bonchev–Trinajstić information content (AvgIpc) is 3.48. The molecule has 3 amide bonds. The molecule has 1 aromatic carbocycles. The van der Waals surface area contributed by atoms with E-state index in [2.05, 4.69) is 15.3 Å². The summed E-state index contributed by atoms with van der Waals surface area (Å²) in [5, 5.41) is 2.93. The summed E-state index contributed by atoms with van der Waals surface area (Å²) < 4.78 is 13.2. The van der Waals surface area contributed by atoms with Crippen molar-refractivity contribution in [3.8, 4) is 0 Å². The Morgan fingerprint density at radius 3 is 2.55 bits per heavy atom. The number of hydrogen-bond acceptors (Lipinski definition) is 4. The zero-order valence-corrected chi connectivity index (χ0v) is 18.9. The van der Waals surface area contributed by atoms with Gasteiger partial charge in [0.15, 0.2) is 5.69 Å². The Bertz CT molecular complexity index is 1050. The molecule has 0 unspecified atom stereocenters. The molecule has 2 saturated carbocycles. The largest absolute Gasteiger partial charge is 0.364 e. The van der Waals surface area contributed by atoms with Crippen LogP contribution in [0, 0.1) is 17.7 Å². The zero-order valence-electron chi connectivity index (χ0n) is 18.2. The number of benzene rings is 1. The van der Waals surface area contributed by atoms with E-state index >= 15 is 0 Å². The molecule has 0 atom stereocenters. The van der Waals surface area contributed by atoms with Gasteiger partial charge in [-0.25, -0.2) is 9.37 Å². The van der Waals surface area contributed by atoms with Gasteiger partial charge in [0.05, 0.1) is 17.0 Å². The molecule has 1 aromatic heterocycles. The van der Waals surface area contributed by atoms with Gasteiger partial charge in [0.25, 0.3) is 11.8 Å². The Labute approximate surface area is 196 Å². The van der Waals surface area contributed by atoms with Crippen LogP contribution in [0.3, 0.4) is 0 Å². The van der Waals surface area contributed by atoms with Crippen LogP contribution in [-0.2, 0) is 4.79 Å². The fourth-order valence-corrected chi connectivity index (χ4v) is 4.65. The molecular weight excluding hydrogens is 449 g/mol. The van der Waals surface area contributed by atoms with Crippen molar-refractivity contribution in [3.05, 3.63) is 46.8 Å². The maximum absolute atomic E-state index is 13.3. The molecule has 0 spiro atoms. The van der Waals surface area contributed by atoms with Gasteiger partial charge in [-0.3, -0.25) is 14.4 Å². The molecule has 0 aliphatic heterocycles. The van der Waals surface area contributed by atoms with Gasteiger partial charge in [-0.2, -0.15) is 0 Å². The third-order valence-corrected chi connectivity index (χ3v) is 6.83. The number of imidazole rings is 1. The van der Waals surface area contributed by atoms with Crippen LogP contribution in [-0.4, -0.2) is 45.2 Å².